The molecule has 0 unspecified atom stereocenters. The Balaban J connectivity index is 2.57. The van der Waals surface area contributed by atoms with Crippen molar-refractivity contribution in [3.8, 4) is 17.1 Å². The van der Waals surface area contributed by atoms with Crippen LogP contribution in [0.4, 0.5) is 0 Å². The zero-order chi connectivity index (χ0) is 11.5. The van der Waals surface area contributed by atoms with Crippen LogP contribution in [0.25, 0.3) is 11.3 Å². The Kier molecular flexibility index (Phi) is 2.64. The lowest BCUT2D eigenvalue weighted by atomic mass is 10.1. The maximum absolute atomic E-state index is 11.5. The molecule has 0 aliphatic heterocycles. The van der Waals surface area contributed by atoms with Crippen LogP contribution in [0.1, 0.15) is 10.4 Å². The lowest BCUT2D eigenvalue weighted by molar-refractivity contribution is 0.0601. The van der Waals surface area contributed by atoms with Gasteiger partial charge in [0.2, 0.25) is 0 Å². The molecule has 0 atom stereocenters. The predicted octanol–water partition coefficient (Wildman–Crippen LogP) is 2.44. The summed E-state index contributed by atoms with van der Waals surface area (Å²) >= 11 is 0. The fourth-order valence-corrected chi connectivity index (χ4v) is 1.46. The average molecular weight is 218 g/mol. The fourth-order valence-electron chi connectivity index (χ4n) is 1.46. The van der Waals surface area contributed by atoms with E-state index in [4.69, 9.17) is 4.42 Å². The number of benzene rings is 1. The summed E-state index contributed by atoms with van der Waals surface area (Å²) in [5.74, 6) is 0.113. The summed E-state index contributed by atoms with van der Waals surface area (Å²) < 4.78 is 9.84. The normalized spacial score (nSPS) is 10.1. The number of carbonyl (C=O) groups is 1. The quantitative estimate of drug-likeness (QED) is 0.786. The Labute approximate surface area is 92.1 Å². The Morgan fingerprint density at radius 1 is 1.38 bits per heavy atom. The first-order valence-electron chi connectivity index (χ1n) is 4.67. The van der Waals surface area contributed by atoms with Crippen molar-refractivity contribution in [2.24, 2.45) is 0 Å². The second-order valence-electron chi connectivity index (χ2n) is 3.20. The number of hydrogen-bond acceptors (Lipinski definition) is 4. The number of phenols is 1. The second kappa shape index (κ2) is 4.10. The van der Waals surface area contributed by atoms with Gasteiger partial charge < -0.3 is 14.3 Å². The van der Waals surface area contributed by atoms with Crippen LogP contribution >= 0.6 is 0 Å². The van der Waals surface area contributed by atoms with Gasteiger partial charge in [-0.3, -0.25) is 0 Å². The van der Waals surface area contributed by atoms with Crippen molar-refractivity contribution in [2.75, 3.05) is 7.11 Å². The van der Waals surface area contributed by atoms with Gasteiger partial charge in [-0.15, -0.1) is 0 Å². The van der Waals surface area contributed by atoms with Gasteiger partial charge in [-0.25, -0.2) is 4.79 Å². The number of carbonyl (C=O) groups excluding carboxylic acids is 1. The molecule has 0 radical (unpaired) electrons. The number of rotatable bonds is 2. The number of aromatic hydroxyl groups is 1. The van der Waals surface area contributed by atoms with Crippen LogP contribution in [-0.2, 0) is 4.74 Å². The zero-order valence-corrected chi connectivity index (χ0v) is 8.64. The molecule has 1 aromatic carbocycles. The molecular formula is C12H10O4. The predicted molar refractivity (Wildman–Crippen MR) is 57.1 cm³/mol. The van der Waals surface area contributed by atoms with E-state index in [9.17, 15) is 9.90 Å². The highest BCUT2D eigenvalue weighted by Gasteiger charge is 2.15. The van der Waals surface area contributed by atoms with Crippen LogP contribution in [0, 0.1) is 0 Å². The first-order chi connectivity index (χ1) is 7.72. The largest absolute Gasteiger partial charge is 0.508 e. The maximum atomic E-state index is 11.5. The van der Waals surface area contributed by atoms with Crippen LogP contribution in [-0.4, -0.2) is 18.2 Å². The van der Waals surface area contributed by atoms with Gasteiger partial charge in [0.05, 0.1) is 18.9 Å². The van der Waals surface area contributed by atoms with Crippen LogP contribution in [0.2, 0.25) is 0 Å². The molecule has 16 heavy (non-hydrogen) atoms. The van der Waals surface area contributed by atoms with Crippen LogP contribution in [0.15, 0.2) is 41.0 Å². The first-order valence-corrected chi connectivity index (χ1v) is 4.67. The molecule has 4 heteroatoms. The summed E-state index contributed by atoms with van der Waals surface area (Å²) in [5, 5.41) is 9.40. The highest BCUT2D eigenvalue weighted by molar-refractivity contribution is 5.96. The topological polar surface area (TPSA) is 59.7 Å². The first kappa shape index (κ1) is 10.3. The number of methoxy groups -OCH3 is 1. The highest BCUT2D eigenvalue weighted by atomic mass is 16.5. The Bertz CT molecular complexity index is 500. The van der Waals surface area contributed by atoms with Gasteiger partial charge in [0.1, 0.15) is 11.5 Å². The number of phenolic OH excluding ortho intramolecular Hbond substituents is 1. The number of hydrogen-bond donors (Lipinski definition) is 1. The van der Waals surface area contributed by atoms with Gasteiger partial charge in [-0.05, 0) is 30.3 Å². The van der Waals surface area contributed by atoms with E-state index < -0.39 is 5.97 Å². The Morgan fingerprint density at radius 2 is 2.19 bits per heavy atom. The summed E-state index contributed by atoms with van der Waals surface area (Å²) in [6.07, 6.45) is 1.50. The summed E-state index contributed by atoms with van der Waals surface area (Å²) in [5.41, 5.74) is 0.868. The summed E-state index contributed by atoms with van der Waals surface area (Å²) in [4.78, 5) is 11.5. The van der Waals surface area contributed by atoms with Crippen molar-refractivity contribution < 1.29 is 19.1 Å². The van der Waals surface area contributed by atoms with Crippen molar-refractivity contribution in [3.05, 3.63) is 42.2 Å². The van der Waals surface area contributed by atoms with E-state index in [1.54, 1.807) is 12.1 Å². The van der Waals surface area contributed by atoms with Gasteiger partial charge in [-0.2, -0.15) is 0 Å². The van der Waals surface area contributed by atoms with Gasteiger partial charge in [0.25, 0.3) is 0 Å². The van der Waals surface area contributed by atoms with Gasteiger partial charge in [0.15, 0.2) is 0 Å². The number of esters is 1. The lowest BCUT2D eigenvalue weighted by Crippen LogP contribution is -2.02. The van der Waals surface area contributed by atoms with Crippen LogP contribution in [0.3, 0.4) is 0 Å². The average Bonchev–Trinajstić information content (AvgIpc) is 2.81. The molecular weight excluding hydrogens is 208 g/mol. The minimum atomic E-state index is -0.466. The molecule has 2 rings (SSSR count). The molecule has 0 aliphatic carbocycles. The van der Waals surface area contributed by atoms with Crippen molar-refractivity contribution in [1.82, 2.24) is 0 Å². The summed E-state index contributed by atoms with van der Waals surface area (Å²) in [6.45, 7) is 0. The molecule has 1 aromatic heterocycles. The Hall–Kier alpha value is -2.23. The molecule has 0 saturated heterocycles. The van der Waals surface area contributed by atoms with Gasteiger partial charge in [-0.1, -0.05) is 0 Å². The molecule has 0 aliphatic rings. The third-order valence-electron chi connectivity index (χ3n) is 2.20. The molecule has 82 valence electrons. The summed E-state index contributed by atoms with van der Waals surface area (Å²) in [7, 11) is 1.31. The molecule has 1 heterocycles. The minimum absolute atomic E-state index is 0.0686. The fraction of sp³-hybridized carbons (Fsp3) is 0.0833. The zero-order valence-electron chi connectivity index (χ0n) is 8.64. The molecule has 0 spiro atoms. The maximum Gasteiger partial charge on any atom is 0.338 e. The molecule has 0 bridgehead atoms. The SMILES string of the molecule is COC(=O)c1ccc(O)cc1-c1ccco1. The third-order valence-corrected chi connectivity index (χ3v) is 2.20. The molecule has 2 aromatic rings. The van der Waals surface area contributed by atoms with Gasteiger partial charge in [0, 0.05) is 5.56 Å². The van der Waals surface area contributed by atoms with E-state index in [0.717, 1.165) is 0 Å². The smallest absolute Gasteiger partial charge is 0.338 e. The molecule has 1 N–H and O–H groups in total. The molecule has 0 amide bonds. The number of furan rings is 1. The van der Waals surface area contributed by atoms with E-state index in [-0.39, 0.29) is 5.75 Å². The minimum Gasteiger partial charge on any atom is -0.508 e. The Morgan fingerprint density at radius 3 is 2.81 bits per heavy atom. The monoisotopic (exact) mass is 218 g/mol. The van der Waals surface area contributed by atoms with E-state index in [1.807, 2.05) is 0 Å². The van der Waals surface area contributed by atoms with Crippen molar-refractivity contribution in [2.45, 2.75) is 0 Å². The second-order valence-corrected chi connectivity index (χ2v) is 3.20. The number of ether oxygens (including phenoxy) is 1. The standard InChI is InChI=1S/C12H10O4/c1-15-12(14)9-5-4-8(13)7-10(9)11-3-2-6-16-11/h2-7,13H,1H3. The van der Waals surface area contributed by atoms with Crippen molar-refractivity contribution >= 4 is 5.97 Å². The summed E-state index contributed by atoms with van der Waals surface area (Å²) in [6, 6.07) is 7.81. The van der Waals surface area contributed by atoms with Crippen molar-refractivity contribution in [1.29, 1.82) is 0 Å². The lowest BCUT2D eigenvalue weighted by Gasteiger charge is -2.05. The molecule has 0 fully saturated rings. The van der Waals surface area contributed by atoms with E-state index >= 15 is 0 Å². The van der Waals surface area contributed by atoms with Crippen LogP contribution < -0.4 is 0 Å². The van der Waals surface area contributed by atoms with Crippen molar-refractivity contribution in [3.63, 3.8) is 0 Å². The van der Waals surface area contributed by atoms with Gasteiger partial charge >= 0.3 is 5.97 Å². The molecule has 4 nitrogen and oxygen atoms in total. The van der Waals surface area contributed by atoms with E-state index in [1.165, 1.54) is 31.6 Å². The van der Waals surface area contributed by atoms with E-state index in [2.05, 4.69) is 4.74 Å². The third kappa shape index (κ3) is 1.77. The van der Waals surface area contributed by atoms with E-state index in [0.29, 0.717) is 16.9 Å². The molecule has 0 saturated carbocycles. The van der Waals surface area contributed by atoms with Crippen LogP contribution in [0.5, 0.6) is 5.75 Å². The highest BCUT2D eigenvalue weighted by Crippen LogP contribution is 2.28.